The first-order chi connectivity index (χ1) is 9.25. The van der Waals surface area contributed by atoms with Crippen molar-refractivity contribution in [3.63, 3.8) is 0 Å². The lowest BCUT2D eigenvalue weighted by Crippen LogP contribution is -2.52. The third-order valence-corrected chi connectivity index (χ3v) is 4.16. The van der Waals surface area contributed by atoms with Gasteiger partial charge in [0.05, 0.1) is 6.61 Å². The maximum Gasteiger partial charge on any atom is 0.407 e. The van der Waals surface area contributed by atoms with Crippen molar-refractivity contribution in [2.24, 2.45) is 5.92 Å². The van der Waals surface area contributed by atoms with E-state index in [9.17, 15) is 9.90 Å². The second-order valence-corrected chi connectivity index (χ2v) is 6.94. The van der Waals surface area contributed by atoms with Gasteiger partial charge in [-0.3, -0.25) is 0 Å². The Morgan fingerprint density at radius 2 is 1.80 bits per heavy atom. The number of hydrogen-bond acceptors (Lipinski definition) is 2. The molecule has 2 N–H and O–H groups in total. The van der Waals surface area contributed by atoms with Crippen LogP contribution < -0.4 is 0 Å². The van der Waals surface area contributed by atoms with Crippen LogP contribution in [0.4, 0.5) is 4.79 Å². The highest BCUT2D eigenvalue weighted by Gasteiger charge is 2.35. The molecule has 0 aromatic carbocycles. The molecular formula is C16H29NO3. The third-order valence-electron chi connectivity index (χ3n) is 4.16. The standard InChI is InChI=1S/C16H29NO3/c1-12(11-18)5-6-13-7-9-14(10-8-13)17(15(19)20)16(2,3)4/h5,13-14,18H,6-11H2,1-4H3,(H,19,20)/b12-5+/t13-,14-. The molecule has 1 fully saturated rings. The van der Waals surface area contributed by atoms with Gasteiger partial charge in [0.25, 0.3) is 0 Å². The Hall–Kier alpha value is -1.03. The van der Waals surface area contributed by atoms with Gasteiger partial charge in [0.1, 0.15) is 0 Å². The van der Waals surface area contributed by atoms with Crippen LogP contribution in [0.25, 0.3) is 0 Å². The SMILES string of the molecule is C/C(=C\C[C@H]1CC[C@H](N(C(=O)O)C(C)(C)C)CC1)CO. The fraction of sp³-hybridized carbons (Fsp3) is 0.812. The highest BCUT2D eigenvalue weighted by molar-refractivity contribution is 5.66. The average molecular weight is 283 g/mol. The minimum Gasteiger partial charge on any atom is -0.465 e. The maximum atomic E-state index is 11.5. The Kier molecular flexibility index (Phi) is 6.06. The van der Waals surface area contributed by atoms with Crippen molar-refractivity contribution < 1.29 is 15.0 Å². The molecular weight excluding hydrogens is 254 g/mol. The molecule has 0 bridgehead atoms. The Labute approximate surface area is 122 Å². The van der Waals surface area contributed by atoms with Crippen molar-refractivity contribution >= 4 is 6.09 Å². The number of aliphatic hydroxyl groups excluding tert-OH is 1. The molecule has 0 aromatic rings. The van der Waals surface area contributed by atoms with Crippen molar-refractivity contribution in [2.45, 2.75) is 71.4 Å². The van der Waals surface area contributed by atoms with Gasteiger partial charge in [-0.25, -0.2) is 4.79 Å². The number of allylic oxidation sites excluding steroid dienone is 1. The van der Waals surface area contributed by atoms with E-state index in [1.807, 2.05) is 27.7 Å². The summed E-state index contributed by atoms with van der Waals surface area (Å²) < 4.78 is 0. The van der Waals surface area contributed by atoms with Crippen molar-refractivity contribution in [2.75, 3.05) is 6.61 Å². The number of hydrogen-bond donors (Lipinski definition) is 2. The zero-order valence-electron chi connectivity index (χ0n) is 13.2. The molecule has 20 heavy (non-hydrogen) atoms. The van der Waals surface area contributed by atoms with Gasteiger partial charge in [0.15, 0.2) is 0 Å². The van der Waals surface area contributed by atoms with E-state index < -0.39 is 6.09 Å². The van der Waals surface area contributed by atoms with Crippen molar-refractivity contribution in [1.29, 1.82) is 0 Å². The van der Waals surface area contributed by atoms with E-state index in [1.165, 1.54) is 0 Å². The Morgan fingerprint density at radius 1 is 1.25 bits per heavy atom. The summed E-state index contributed by atoms with van der Waals surface area (Å²) >= 11 is 0. The van der Waals surface area contributed by atoms with E-state index in [0.717, 1.165) is 37.7 Å². The lowest BCUT2D eigenvalue weighted by atomic mass is 9.82. The first-order valence-corrected chi connectivity index (χ1v) is 7.54. The molecule has 1 aliphatic carbocycles. The minimum atomic E-state index is -0.808. The number of rotatable bonds is 4. The summed E-state index contributed by atoms with van der Waals surface area (Å²) in [7, 11) is 0. The van der Waals surface area contributed by atoms with Gasteiger partial charge in [-0.05, 0) is 65.7 Å². The lowest BCUT2D eigenvalue weighted by Gasteiger charge is -2.42. The minimum absolute atomic E-state index is 0.131. The summed E-state index contributed by atoms with van der Waals surface area (Å²) in [6, 6.07) is 0.145. The molecule has 0 aliphatic heterocycles. The van der Waals surface area contributed by atoms with Crippen LogP contribution in [0.5, 0.6) is 0 Å². The topological polar surface area (TPSA) is 60.8 Å². The molecule has 0 aromatic heterocycles. The summed E-state index contributed by atoms with van der Waals surface area (Å²) in [5.41, 5.74) is 0.686. The van der Waals surface area contributed by atoms with E-state index in [0.29, 0.717) is 5.92 Å². The van der Waals surface area contributed by atoms with Crippen molar-refractivity contribution in [1.82, 2.24) is 4.90 Å². The van der Waals surface area contributed by atoms with Gasteiger partial charge < -0.3 is 15.1 Å². The zero-order chi connectivity index (χ0) is 15.3. The monoisotopic (exact) mass is 283 g/mol. The zero-order valence-corrected chi connectivity index (χ0v) is 13.2. The number of aliphatic hydroxyl groups is 1. The Morgan fingerprint density at radius 3 is 2.20 bits per heavy atom. The van der Waals surface area contributed by atoms with Crippen LogP contribution in [0, 0.1) is 5.92 Å². The van der Waals surface area contributed by atoms with E-state index in [2.05, 4.69) is 6.08 Å². The maximum absolute atomic E-state index is 11.5. The molecule has 1 rings (SSSR count). The highest BCUT2D eigenvalue weighted by atomic mass is 16.4. The summed E-state index contributed by atoms with van der Waals surface area (Å²) in [6.45, 7) is 7.95. The molecule has 0 atom stereocenters. The molecule has 0 radical (unpaired) electrons. The number of nitrogens with zero attached hydrogens (tertiary/aromatic N) is 1. The molecule has 1 amide bonds. The fourth-order valence-electron chi connectivity index (χ4n) is 3.06. The fourth-order valence-corrected chi connectivity index (χ4v) is 3.06. The molecule has 0 heterocycles. The van der Waals surface area contributed by atoms with Crippen LogP contribution in [0.15, 0.2) is 11.6 Å². The van der Waals surface area contributed by atoms with E-state index in [-0.39, 0.29) is 18.2 Å². The highest BCUT2D eigenvalue weighted by Crippen LogP contribution is 2.33. The summed E-state index contributed by atoms with van der Waals surface area (Å²) in [5.74, 6) is 0.628. The first kappa shape index (κ1) is 17.0. The molecule has 0 saturated heterocycles. The van der Waals surface area contributed by atoms with E-state index >= 15 is 0 Å². The number of amides is 1. The smallest absolute Gasteiger partial charge is 0.407 e. The molecule has 116 valence electrons. The van der Waals surface area contributed by atoms with E-state index in [1.54, 1.807) is 4.90 Å². The summed E-state index contributed by atoms with van der Waals surface area (Å²) in [4.78, 5) is 13.1. The molecule has 0 spiro atoms. The molecule has 4 heteroatoms. The van der Waals surface area contributed by atoms with Crippen LogP contribution in [0.2, 0.25) is 0 Å². The normalized spacial score (nSPS) is 24.6. The number of carbonyl (C=O) groups is 1. The van der Waals surface area contributed by atoms with Crippen LogP contribution in [0.3, 0.4) is 0 Å². The van der Waals surface area contributed by atoms with Gasteiger partial charge in [-0.2, -0.15) is 0 Å². The van der Waals surface area contributed by atoms with E-state index in [4.69, 9.17) is 5.11 Å². The molecule has 4 nitrogen and oxygen atoms in total. The van der Waals surface area contributed by atoms with Crippen molar-refractivity contribution in [3.05, 3.63) is 11.6 Å². The largest absolute Gasteiger partial charge is 0.465 e. The van der Waals surface area contributed by atoms with Crippen LogP contribution >= 0.6 is 0 Å². The molecule has 0 unspecified atom stereocenters. The first-order valence-electron chi connectivity index (χ1n) is 7.54. The van der Waals surface area contributed by atoms with Crippen LogP contribution in [-0.4, -0.2) is 39.4 Å². The second-order valence-electron chi connectivity index (χ2n) is 6.94. The lowest BCUT2D eigenvalue weighted by molar-refractivity contribution is 0.0505. The molecule has 1 aliphatic rings. The van der Waals surface area contributed by atoms with Gasteiger partial charge in [0, 0.05) is 11.6 Å². The van der Waals surface area contributed by atoms with Crippen LogP contribution in [0.1, 0.15) is 59.8 Å². The van der Waals surface area contributed by atoms with Gasteiger partial charge >= 0.3 is 6.09 Å². The summed E-state index contributed by atoms with van der Waals surface area (Å²) in [5, 5.41) is 18.4. The molecule has 1 saturated carbocycles. The van der Waals surface area contributed by atoms with Crippen LogP contribution in [-0.2, 0) is 0 Å². The quantitative estimate of drug-likeness (QED) is 0.774. The predicted octanol–water partition coefficient (Wildman–Crippen LogP) is 3.65. The number of carboxylic acid groups (broad SMARTS) is 1. The second kappa shape index (κ2) is 7.11. The Bertz CT molecular complexity index is 349. The predicted molar refractivity (Wildman–Crippen MR) is 80.8 cm³/mol. The summed E-state index contributed by atoms with van der Waals surface area (Å²) in [6.07, 6.45) is 6.34. The Balaban J connectivity index is 2.54. The van der Waals surface area contributed by atoms with Crippen molar-refractivity contribution in [3.8, 4) is 0 Å². The van der Waals surface area contributed by atoms with Gasteiger partial charge in [-0.15, -0.1) is 0 Å². The third kappa shape index (κ3) is 4.82. The van der Waals surface area contributed by atoms with Gasteiger partial charge in [-0.1, -0.05) is 11.6 Å². The average Bonchev–Trinajstić information content (AvgIpc) is 2.35. The van der Waals surface area contributed by atoms with Gasteiger partial charge in [0.2, 0.25) is 0 Å².